The van der Waals surface area contributed by atoms with Gasteiger partial charge in [0.2, 0.25) is 5.91 Å². The molecule has 0 aromatic heterocycles. The van der Waals surface area contributed by atoms with Crippen molar-refractivity contribution in [3.63, 3.8) is 0 Å². The standard InChI is InChI=1S/C20H21BrFN3O3/c1-28-18-6-5-14(11-17(18)21)20(27)25-9-7-24(8-10-25)13-19(26)23-16-4-2-3-15(22)12-16/h2-6,11-12H,7-10,13H2,1H3,(H,23,26). The van der Waals surface area contributed by atoms with Crippen LogP contribution in [-0.4, -0.2) is 61.4 Å². The van der Waals surface area contributed by atoms with Crippen LogP contribution >= 0.6 is 15.9 Å². The maximum Gasteiger partial charge on any atom is 0.253 e. The van der Waals surface area contributed by atoms with Crippen LogP contribution < -0.4 is 10.1 Å². The zero-order valence-electron chi connectivity index (χ0n) is 15.5. The lowest BCUT2D eigenvalue weighted by Gasteiger charge is -2.34. The Balaban J connectivity index is 1.50. The molecule has 1 aliphatic heterocycles. The second-order valence-electron chi connectivity index (χ2n) is 6.48. The number of rotatable bonds is 5. The van der Waals surface area contributed by atoms with Gasteiger partial charge in [-0.3, -0.25) is 14.5 Å². The summed E-state index contributed by atoms with van der Waals surface area (Å²) in [4.78, 5) is 28.6. The molecule has 1 aliphatic rings. The van der Waals surface area contributed by atoms with Gasteiger partial charge >= 0.3 is 0 Å². The van der Waals surface area contributed by atoms with E-state index in [4.69, 9.17) is 4.74 Å². The molecular formula is C20H21BrFN3O3. The van der Waals surface area contributed by atoms with Gasteiger partial charge in [0.15, 0.2) is 0 Å². The Morgan fingerprint density at radius 1 is 1.14 bits per heavy atom. The highest BCUT2D eigenvalue weighted by Gasteiger charge is 2.23. The lowest BCUT2D eigenvalue weighted by molar-refractivity contribution is -0.117. The second kappa shape index (κ2) is 9.16. The van der Waals surface area contributed by atoms with Crippen LogP contribution in [0.15, 0.2) is 46.9 Å². The first-order chi connectivity index (χ1) is 13.5. The van der Waals surface area contributed by atoms with E-state index >= 15 is 0 Å². The molecule has 0 spiro atoms. The van der Waals surface area contributed by atoms with Crippen LogP contribution in [-0.2, 0) is 4.79 Å². The Kier molecular flexibility index (Phi) is 6.64. The Morgan fingerprint density at radius 2 is 1.89 bits per heavy atom. The zero-order valence-corrected chi connectivity index (χ0v) is 17.0. The van der Waals surface area contributed by atoms with Crippen molar-refractivity contribution in [2.45, 2.75) is 0 Å². The third-order valence-electron chi connectivity index (χ3n) is 4.53. The molecule has 0 bridgehead atoms. The van der Waals surface area contributed by atoms with E-state index in [0.29, 0.717) is 43.2 Å². The van der Waals surface area contributed by atoms with Crippen LogP contribution in [0.2, 0.25) is 0 Å². The van der Waals surface area contributed by atoms with Crippen LogP contribution in [0.5, 0.6) is 5.75 Å². The average Bonchev–Trinajstić information content (AvgIpc) is 2.68. The van der Waals surface area contributed by atoms with Crippen molar-refractivity contribution in [3.8, 4) is 5.75 Å². The number of ether oxygens (including phenoxy) is 1. The largest absolute Gasteiger partial charge is 0.496 e. The molecule has 3 rings (SSSR count). The molecule has 2 aromatic rings. The third kappa shape index (κ3) is 5.08. The van der Waals surface area contributed by atoms with Gasteiger partial charge in [-0.15, -0.1) is 0 Å². The molecule has 0 saturated carbocycles. The highest BCUT2D eigenvalue weighted by atomic mass is 79.9. The molecule has 0 atom stereocenters. The van der Waals surface area contributed by atoms with Gasteiger partial charge < -0.3 is 15.0 Å². The second-order valence-corrected chi connectivity index (χ2v) is 7.33. The van der Waals surface area contributed by atoms with E-state index in [9.17, 15) is 14.0 Å². The first-order valence-electron chi connectivity index (χ1n) is 8.87. The van der Waals surface area contributed by atoms with Gasteiger partial charge in [0.05, 0.1) is 18.1 Å². The minimum atomic E-state index is -0.393. The van der Waals surface area contributed by atoms with Crippen LogP contribution in [0, 0.1) is 5.82 Å². The van der Waals surface area contributed by atoms with Crippen molar-refractivity contribution in [2.24, 2.45) is 0 Å². The number of carbonyl (C=O) groups is 2. The van der Waals surface area contributed by atoms with Crippen molar-refractivity contribution in [1.82, 2.24) is 9.80 Å². The Morgan fingerprint density at radius 3 is 2.54 bits per heavy atom. The first-order valence-corrected chi connectivity index (χ1v) is 9.66. The topological polar surface area (TPSA) is 61.9 Å². The fraction of sp³-hybridized carbons (Fsp3) is 0.300. The fourth-order valence-electron chi connectivity index (χ4n) is 3.06. The predicted octanol–water partition coefficient (Wildman–Crippen LogP) is 2.99. The van der Waals surface area contributed by atoms with Crippen molar-refractivity contribution >= 4 is 33.4 Å². The van der Waals surface area contributed by atoms with Crippen LogP contribution in [0.3, 0.4) is 0 Å². The lowest BCUT2D eigenvalue weighted by atomic mass is 10.1. The summed E-state index contributed by atoms with van der Waals surface area (Å²) in [5.41, 5.74) is 1.02. The number of carbonyl (C=O) groups excluding carboxylic acids is 2. The van der Waals surface area contributed by atoms with E-state index in [1.54, 1.807) is 42.3 Å². The highest BCUT2D eigenvalue weighted by Crippen LogP contribution is 2.26. The van der Waals surface area contributed by atoms with E-state index in [-0.39, 0.29) is 18.4 Å². The summed E-state index contributed by atoms with van der Waals surface area (Å²) in [6, 6.07) is 11.0. The predicted molar refractivity (Wildman–Crippen MR) is 108 cm³/mol. The van der Waals surface area contributed by atoms with E-state index < -0.39 is 5.82 Å². The number of benzene rings is 2. The minimum absolute atomic E-state index is 0.0489. The van der Waals surface area contributed by atoms with Crippen molar-refractivity contribution < 1.29 is 18.7 Å². The molecule has 1 fully saturated rings. The number of methoxy groups -OCH3 is 1. The number of halogens is 2. The first kappa shape index (κ1) is 20.3. The van der Waals surface area contributed by atoms with Crippen LogP contribution in [0.4, 0.5) is 10.1 Å². The number of amides is 2. The van der Waals surface area contributed by atoms with Crippen molar-refractivity contribution in [1.29, 1.82) is 0 Å². The molecule has 1 N–H and O–H groups in total. The molecule has 0 aliphatic carbocycles. The average molecular weight is 450 g/mol. The molecule has 6 nitrogen and oxygen atoms in total. The summed E-state index contributed by atoms with van der Waals surface area (Å²) >= 11 is 3.40. The number of hydrogen-bond donors (Lipinski definition) is 1. The Hall–Kier alpha value is -2.45. The van der Waals surface area contributed by atoms with Gasteiger partial charge in [0.1, 0.15) is 11.6 Å². The quantitative estimate of drug-likeness (QED) is 0.761. The molecule has 2 aromatic carbocycles. The summed E-state index contributed by atoms with van der Waals surface area (Å²) < 4.78 is 19.1. The molecule has 1 saturated heterocycles. The van der Waals surface area contributed by atoms with Crippen molar-refractivity contribution in [2.75, 3.05) is 45.2 Å². The fourth-order valence-corrected chi connectivity index (χ4v) is 3.60. The molecular weight excluding hydrogens is 429 g/mol. The summed E-state index contributed by atoms with van der Waals surface area (Å²) in [5.74, 6) is 0.0254. The van der Waals surface area contributed by atoms with E-state index in [0.717, 1.165) is 4.47 Å². The smallest absolute Gasteiger partial charge is 0.253 e. The number of nitrogens with one attached hydrogen (secondary N) is 1. The molecule has 8 heteroatoms. The maximum atomic E-state index is 13.2. The summed E-state index contributed by atoms with van der Waals surface area (Å²) in [5, 5.41) is 2.69. The van der Waals surface area contributed by atoms with Gasteiger partial charge in [-0.1, -0.05) is 6.07 Å². The summed E-state index contributed by atoms with van der Waals surface area (Å²) in [7, 11) is 1.57. The van der Waals surface area contributed by atoms with Gasteiger partial charge in [0, 0.05) is 37.4 Å². The molecule has 1 heterocycles. The molecule has 28 heavy (non-hydrogen) atoms. The maximum absolute atomic E-state index is 13.2. The number of anilines is 1. The molecule has 0 unspecified atom stereocenters. The molecule has 0 radical (unpaired) electrons. The van der Waals surface area contributed by atoms with Gasteiger partial charge in [0.25, 0.3) is 5.91 Å². The van der Waals surface area contributed by atoms with E-state index in [1.807, 2.05) is 4.90 Å². The minimum Gasteiger partial charge on any atom is -0.496 e. The number of nitrogens with zero attached hydrogens (tertiary/aromatic N) is 2. The molecule has 148 valence electrons. The lowest BCUT2D eigenvalue weighted by Crippen LogP contribution is -2.50. The van der Waals surface area contributed by atoms with Gasteiger partial charge in [-0.25, -0.2) is 4.39 Å². The summed E-state index contributed by atoms with van der Waals surface area (Å²) in [6.45, 7) is 2.47. The molecule has 2 amide bonds. The van der Waals surface area contributed by atoms with Gasteiger partial charge in [-0.05, 0) is 52.3 Å². The number of hydrogen-bond acceptors (Lipinski definition) is 4. The van der Waals surface area contributed by atoms with Crippen LogP contribution in [0.25, 0.3) is 0 Å². The highest BCUT2D eigenvalue weighted by molar-refractivity contribution is 9.10. The third-order valence-corrected chi connectivity index (χ3v) is 5.15. The van der Waals surface area contributed by atoms with Crippen molar-refractivity contribution in [3.05, 3.63) is 58.3 Å². The Labute approximate surface area is 171 Å². The number of piperazine rings is 1. The van der Waals surface area contributed by atoms with Gasteiger partial charge in [-0.2, -0.15) is 0 Å². The van der Waals surface area contributed by atoms with E-state index in [1.165, 1.54) is 12.1 Å². The summed E-state index contributed by atoms with van der Waals surface area (Å²) in [6.07, 6.45) is 0. The van der Waals surface area contributed by atoms with E-state index in [2.05, 4.69) is 21.2 Å². The van der Waals surface area contributed by atoms with Crippen LogP contribution in [0.1, 0.15) is 10.4 Å². The normalized spacial score (nSPS) is 14.6. The monoisotopic (exact) mass is 449 g/mol. The SMILES string of the molecule is COc1ccc(C(=O)N2CCN(CC(=O)Nc3cccc(F)c3)CC2)cc1Br. The zero-order chi connectivity index (χ0) is 20.1. The Bertz CT molecular complexity index is 870.